The lowest BCUT2D eigenvalue weighted by molar-refractivity contribution is -0.124. The fraction of sp³-hybridized carbons (Fsp3) is 0.800. The Bertz CT molecular complexity index is 252. The zero-order valence-electron chi connectivity index (χ0n) is 11.1. The highest BCUT2D eigenvalue weighted by molar-refractivity contribution is 5.81. The summed E-state index contributed by atoms with van der Waals surface area (Å²) in [4.78, 5) is 12.0. The van der Waals surface area contributed by atoms with Gasteiger partial charge in [-0.2, -0.15) is 0 Å². The van der Waals surface area contributed by atoms with Gasteiger partial charge in [-0.05, 0) is 38.5 Å². The van der Waals surface area contributed by atoms with Crippen LogP contribution in [0, 0.1) is 11.8 Å². The van der Waals surface area contributed by atoms with Crippen molar-refractivity contribution in [1.29, 1.82) is 0 Å². The zero-order chi connectivity index (χ0) is 12.0. The summed E-state index contributed by atoms with van der Waals surface area (Å²) in [5, 5.41) is 0. The van der Waals surface area contributed by atoms with Crippen LogP contribution >= 0.6 is 0 Å². The van der Waals surface area contributed by atoms with Crippen LogP contribution in [0.1, 0.15) is 65.7 Å². The molecule has 92 valence electrons. The Hall–Kier alpha value is -0.590. The van der Waals surface area contributed by atoms with Gasteiger partial charge in [-0.25, -0.2) is 0 Å². The monoisotopic (exact) mass is 222 g/mol. The highest BCUT2D eigenvalue weighted by atomic mass is 16.1. The van der Waals surface area contributed by atoms with Gasteiger partial charge in [-0.1, -0.05) is 38.3 Å². The molecule has 0 saturated carbocycles. The molecule has 0 saturated heterocycles. The first kappa shape index (κ1) is 13.5. The van der Waals surface area contributed by atoms with Crippen molar-refractivity contribution in [1.82, 2.24) is 0 Å². The third-order valence-corrected chi connectivity index (χ3v) is 3.94. The lowest BCUT2D eigenvalue weighted by atomic mass is 9.82. The smallest absolute Gasteiger partial charge is 0.136 e. The molecule has 1 heteroatoms. The average molecular weight is 222 g/mol. The quantitative estimate of drug-likeness (QED) is 0.642. The molecule has 1 unspecified atom stereocenters. The van der Waals surface area contributed by atoms with E-state index in [2.05, 4.69) is 26.8 Å². The number of carbonyl (C=O) groups is 1. The van der Waals surface area contributed by atoms with E-state index in [1.54, 1.807) is 0 Å². The molecule has 1 aliphatic rings. The molecule has 0 amide bonds. The fourth-order valence-corrected chi connectivity index (χ4v) is 2.58. The number of hydrogen-bond donors (Lipinski definition) is 0. The van der Waals surface area contributed by atoms with Crippen molar-refractivity contribution in [3.8, 4) is 0 Å². The Morgan fingerprint density at radius 3 is 2.81 bits per heavy atom. The number of carbonyl (C=O) groups excluding carboxylic acids is 1. The predicted molar refractivity (Wildman–Crippen MR) is 69.4 cm³/mol. The second kappa shape index (κ2) is 6.88. The number of allylic oxidation sites excluding steroid dienone is 2. The van der Waals surface area contributed by atoms with Gasteiger partial charge in [0.2, 0.25) is 0 Å². The summed E-state index contributed by atoms with van der Waals surface area (Å²) >= 11 is 0. The predicted octanol–water partition coefficient (Wildman–Crippen LogP) is 4.52. The van der Waals surface area contributed by atoms with Crippen LogP contribution in [0.3, 0.4) is 0 Å². The molecule has 0 aromatic carbocycles. The minimum Gasteiger partial charge on any atom is -0.299 e. The molecule has 0 N–H and O–H groups in total. The summed E-state index contributed by atoms with van der Waals surface area (Å²) in [6.45, 7) is 6.58. The van der Waals surface area contributed by atoms with Gasteiger partial charge in [-0.3, -0.25) is 4.79 Å². The third kappa shape index (κ3) is 4.11. The molecular formula is C15H26O. The van der Waals surface area contributed by atoms with Gasteiger partial charge in [0.25, 0.3) is 0 Å². The maximum atomic E-state index is 12.0. The minimum atomic E-state index is 0.283. The van der Waals surface area contributed by atoms with E-state index in [4.69, 9.17) is 0 Å². The maximum Gasteiger partial charge on any atom is 0.136 e. The van der Waals surface area contributed by atoms with E-state index in [9.17, 15) is 4.79 Å². The van der Waals surface area contributed by atoms with Gasteiger partial charge in [0.15, 0.2) is 0 Å². The van der Waals surface area contributed by atoms with Gasteiger partial charge < -0.3 is 0 Å². The minimum absolute atomic E-state index is 0.283. The van der Waals surface area contributed by atoms with Gasteiger partial charge in [0.1, 0.15) is 5.78 Å². The molecule has 1 rings (SSSR count). The van der Waals surface area contributed by atoms with Crippen molar-refractivity contribution in [3.63, 3.8) is 0 Å². The van der Waals surface area contributed by atoms with E-state index in [1.165, 1.54) is 37.7 Å². The Labute approximate surface area is 100 Å². The van der Waals surface area contributed by atoms with E-state index in [0.29, 0.717) is 11.7 Å². The molecule has 0 heterocycles. The molecule has 0 spiro atoms. The van der Waals surface area contributed by atoms with Crippen LogP contribution < -0.4 is 0 Å². The first-order valence-electron chi connectivity index (χ1n) is 6.83. The van der Waals surface area contributed by atoms with Gasteiger partial charge >= 0.3 is 0 Å². The second-order valence-electron chi connectivity index (χ2n) is 5.29. The number of hydrogen-bond acceptors (Lipinski definition) is 1. The molecule has 2 atom stereocenters. The lowest BCUT2D eigenvalue weighted by Crippen LogP contribution is -2.20. The Morgan fingerprint density at radius 2 is 2.12 bits per heavy atom. The molecule has 0 aromatic rings. The van der Waals surface area contributed by atoms with E-state index >= 15 is 0 Å². The third-order valence-electron chi connectivity index (χ3n) is 3.94. The summed E-state index contributed by atoms with van der Waals surface area (Å²) in [6, 6.07) is 0. The van der Waals surface area contributed by atoms with Crippen LogP contribution in [0.15, 0.2) is 11.6 Å². The van der Waals surface area contributed by atoms with Crippen LogP contribution in [0.4, 0.5) is 0 Å². The number of ketones is 1. The van der Waals surface area contributed by atoms with E-state index in [0.717, 1.165) is 12.8 Å². The molecule has 0 bridgehead atoms. The standard InChI is InChI=1S/C15H26O/c1-4-5-8-14-11-10-12(2)7-6-9-15(16)13(14)3/h7,13-14H,4-6,8-11H2,1-3H3/b12-7+/t13?,14-/m0/s1. The van der Waals surface area contributed by atoms with E-state index in [-0.39, 0.29) is 5.92 Å². The van der Waals surface area contributed by atoms with Crippen molar-refractivity contribution in [3.05, 3.63) is 11.6 Å². The summed E-state index contributed by atoms with van der Waals surface area (Å²) in [5.74, 6) is 1.38. The van der Waals surface area contributed by atoms with Crippen molar-refractivity contribution < 1.29 is 4.79 Å². The van der Waals surface area contributed by atoms with Crippen LogP contribution in [0.5, 0.6) is 0 Å². The average Bonchev–Trinajstić information content (AvgIpc) is 2.32. The van der Waals surface area contributed by atoms with Crippen LogP contribution in [0.25, 0.3) is 0 Å². The molecule has 0 aliphatic heterocycles. The van der Waals surface area contributed by atoms with Gasteiger partial charge in [-0.15, -0.1) is 0 Å². The van der Waals surface area contributed by atoms with E-state index in [1.807, 2.05) is 0 Å². The molecule has 0 aromatic heterocycles. The Kier molecular flexibility index (Phi) is 5.79. The topological polar surface area (TPSA) is 17.1 Å². The van der Waals surface area contributed by atoms with Crippen molar-refractivity contribution in [2.75, 3.05) is 0 Å². The maximum absolute atomic E-state index is 12.0. The first-order chi connectivity index (χ1) is 7.65. The van der Waals surface area contributed by atoms with Crippen LogP contribution in [0.2, 0.25) is 0 Å². The molecule has 16 heavy (non-hydrogen) atoms. The van der Waals surface area contributed by atoms with E-state index < -0.39 is 0 Å². The number of Topliss-reactive ketones (excluding diaryl/α,β-unsaturated/α-hetero) is 1. The molecule has 1 nitrogen and oxygen atoms in total. The zero-order valence-corrected chi connectivity index (χ0v) is 11.1. The lowest BCUT2D eigenvalue weighted by Gasteiger charge is -2.22. The summed E-state index contributed by atoms with van der Waals surface area (Å²) in [7, 11) is 0. The number of unbranched alkanes of at least 4 members (excludes halogenated alkanes) is 1. The fourth-order valence-electron chi connectivity index (χ4n) is 2.58. The van der Waals surface area contributed by atoms with Crippen molar-refractivity contribution in [2.24, 2.45) is 11.8 Å². The SMILES string of the molecule is CCCC[C@H]1CC/C(C)=C/CCC(=O)C1C. The van der Waals surface area contributed by atoms with Crippen LogP contribution in [-0.2, 0) is 4.79 Å². The van der Waals surface area contributed by atoms with Gasteiger partial charge in [0.05, 0.1) is 0 Å². The highest BCUT2D eigenvalue weighted by Gasteiger charge is 2.23. The Balaban J connectivity index is 2.63. The normalized spacial score (nSPS) is 31.2. The summed E-state index contributed by atoms with van der Waals surface area (Å²) in [5.41, 5.74) is 1.48. The Morgan fingerprint density at radius 1 is 1.38 bits per heavy atom. The molecule has 1 aliphatic carbocycles. The largest absolute Gasteiger partial charge is 0.299 e. The number of rotatable bonds is 3. The first-order valence-corrected chi connectivity index (χ1v) is 6.83. The van der Waals surface area contributed by atoms with Crippen molar-refractivity contribution in [2.45, 2.75) is 65.7 Å². The van der Waals surface area contributed by atoms with Crippen LogP contribution in [-0.4, -0.2) is 5.78 Å². The summed E-state index contributed by atoms with van der Waals surface area (Å²) < 4.78 is 0. The van der Waals surface area contributed by atoms with Crippen molar-refractivity contribution >= 4 is 5.78 Å². The molecular weight excluding hydrogens is 196 g/mol. The second-order valence-corrected chi connectivity index (χ2v) is 5.29. The molecule has 0 fully saturated rings. The summed E-state index contributed by atoms with van der Waals surface area (Å²) in [6.07, 6.45) is 10.1. The molecule has 0 radical (unpaired) electrons. The van der Waals surface area contributed by atoms with Gasteiger partial charge in [0, 0.05) is 12.3 Å². The highest BCUT2D eigenvalue weighted by Crippen LogP contribution is 2.28.